The molecule has 134 valence electrons. The highest BCUT2D eigenvalue weighted by atomic mass is 35.5. The van der Waals surface area contributed by atoms with Gasteiger partial charge in [-0.1, -0.05) is 48.0 Å². The number of rotatable bonds is 2. The van der Waals surface area contributed by atoms with Crippen LogP contribution in [-0.2, 0) is 4.84 Å². The predicted molar refractivity (Wildman–Crippen MR) is 103 cm³/mol. The molecule has 2 amide bonds. The highest BCUT2D eigenvalue weighted by Gasteiger charge is 2.39. The topological polar surface area (TPSA) is 53.6 Å². The van der Waals surface area contributed by atoms with Gasteiger partial charge in [0.15, 0.2) is 0 Å². The van der Waals surface area contributed by atoms with Crippen molar-refractivity contribution >= 4 is 29.0 Å². The smallest absolute Gasteiger partial charge is 0.321 e. The van der Waals surface area contributed by atoms with Crippen LogP contribution in [0.3, 0.4) is 0 Å². The normalized spacial score (nSPS) is 18.3. The molecule has 1 spiro atoms. The average Bonchev–Trinajstić information content (AvgIpc) is 3.07. The van der Waals surface area contributed by atoms with E-state index in [0.717, 1.165) is 24.1 Å². The number of carbonyl (C=O) groups is 1. The van der Waals surface area contributed by atoms with E-state index in [9.17, 15) is 4.79 Å². The number of nitrogens with one attached hydrogen (secondary N) is 2. The molecule has 2 heterocycles. The lowest BCUT2D eigenvalue weighted by atomic mass is 9.90. The third kappa shape index (κ3) is 3.54. The molecule has 2 N–H and O–H groups in total. The fraction of sp³-hybridized carbons (Fsp3) is 0.250. The van der Waals surface area contributed by atoms with E-state index in [0.29, 0.717) is 23.8 Å². The summed E-state index contributed by atoms with van der Waals surface area (Å²) in [5.74, 6) is 0. The molecule has 0 radical (unpaired) electrons. The second kappa shape index (κ2) is 7.02. The van der Waals surface area contributed by atoms with Gasteiger partial charge in [0.1, 0.15) is 5.60 Å². The van der Waals surface area contributed by atoms with E-state index >= 15 is 0 Å². The van der Waals surface area contributed by atoms with E-state index in [-0.39, 0.29) is 11.6 Å². The van der Waals surface area contributed by atoms with Crippen molar-refractivity contribution < 1.29 is 9.63 Å². The number of hydroxylamine groups is 1. The summed E-state index contributed by atoms with van der Waals surface area (Å²) in [6.07, 6.45) is 3.65. The number of benzene rings is 2. The van der Waals surface area contributed by atoms with Gasteiger partial charge in [0.05, 0.1) is 5.70 Å². The SMILES string of the molecule is O=C(Nc1cccc(Cl)c1)N1CCC2(C=C(c3ccccc3)NO2)CC1. The Labute approximate surface area is 157 Å². The molecule has 6 heteroatoms. The standard InChI is InChI=1S/C20H20ClN3O2/c21-16-7-4-8-17(13-16)22-19(25)24-11-9-20(10-12-24)14-18(23-26-20)15-5-2-1-3-6-15/h1-8,13-14,23H,9-12H2,(H,22,25). The second-order valence-electron chi connectivity index (χ2n) is 6.62. The molecule has 2 aliphatic heterocycles. The average molecular weight is 370 g/mol. The Morgan fingerprint density at radius 3 is 2.62 bits per heavy atom. The summed E-state index contributed by atoms with van der Waals surface area (Å²) in [5.41, 5.74) is 5.49. The number of likely N-dealkylation sites (tertiary alicyclic amines) is 1. The van der Waals surface area contributed by atoms with Crippen molar-refractivity contribution in [2.75, 3.05) is 18.4 Å². The van der Waals surface area contributed by atoms with Crippen LogP contribution in [0.25, 0.3) is 5.70 Å². The summed E-state index contributed by atoms with van der Waals surface area (Å²) in [7, 11) is 0. The fourth-order valence-electron chi connectivity index (χ4n) is 3.34. The minimum atomic E-state index is -0.349. The summed E-state index contributed by atoms with van der Waals surface area (Å²) in [4.78, 5) is 20.2. The quantitative estimate of drug-likeness (QED) is 0.830. The summed E-state index contributed by atoms with van der Waals surface area (Å²) in [6.45, 7) is 1.26. The summed E-state index contributed by atoms with van der Waals surface area (Å²) in [5, 5.41) is 3.50. The van der Waals surface area contributed by atoms with Crippen LogP contribution in [0, 0.1) is 0 Å². The molecule has 26 heavy (non-hydrogen) atoms. The maximum absolute atomic E-state index is 12.5. The van der Waals surface area contributed by atoms with Gasteiger partial charge in [0.2, 0.25) is 0 Å². The molecule has 0 unspecified atom stereocenters. The zero-order valence-corrected chi connectivity index (χ0v) is 15.0. The lowest BCUT2D eigenvalue weighted by molar-refractivity contribution is -0.0634. The van der Waals surface area contributed by atoms with E-state index in [1.807, 2.05) is 35.2 Å². The molecule has 1 saturated heterocycles. The minimum absolute atomic E-state index is 0.111. The van der Waals surface area contributed by atoms with Gasteiger partial charge in [-0.15, -0.1) is 0 Å². The molecule has 5 nitrogen and oxygen atoms in total. The molecule has 0 atom stereocenters. The van der Waals surface area contributed by atoms with E-state index in [2.05, 4.69) is 29.0 Å². The second-order valence-corrected chi connectivity index (χ2v) is 7.06. The van der Waals surface area contributed by atoms with Gasteiger partial charge in [0, 0.05) is 36.6 Å². The van der Waals surface area contributed by atoms with Crippen molar-refractivity contribution in [2.24, 2.45) is 0 Å². The lowest BCUT2D eigenvalue weighted by Gasteiger charge is -2.36. The summed E-state index contributed by atoms with van der Waals surface area (Å²) >= 11 is 5.97. The summed E-state index contributed by atoms with van der Waals surface area (Å²) in [6, 6.07) is 17.2. The first-order valence-electron chi connectivity index (χ1n) is 8.67. The van der Waals surface area contributed by atoms with Crippen molar-refractivity contribution in [1.82, 2.24) is 10.4 Å². The minimum Gasteiger partial charge on any atom is -0.324 e. The van der Waals surface area contributed by atoms with Gasteiger partial charge < -0.3 is 10.2 Å². The van der Waals surface area contributed by atoms with Gasteiger partial charge in [-0.3, -0.25) is 10.3 Å². The van der Waals surface area contributed by atoms with Crippen LogP contribution < -0.4 is 10.8 Å². The molecular weight excluding hydrogens is 350 g/mol. The number of hydrogen-bond acceptors (Lipinski definition) is 3. The Bertz CT molecular complexity index is 830. The lowest BCUT2D eigenvalue weighted by Crippen LogP contribution is -2.48. The van der Waals surface area contributed by atoms with E-state index in [4.69, 9.17) is 16.4 Å². The highest BCUT2D eigenvalue weighted by Crippen LogP contribution is 2.34. The maximum atomic E-state index is 12.5. The first-order chi connectivity index (χ1) is 12.6. The van der Waals surface area contributed by atoms with Gasteiger partial charge in [-0.05, 0) is 29.8 Å². The Morgan fingerprint density at radius 2 is 1.88 bits per heavy atom. The Morgan fingerprint density at radius 1 is 1.12 bits per heavy atom. The predicted octanol–water partition coefficient (Wildman–Crippen LogP) is 4.28. The molecule has 0 aromatic heterocycles. The van der Waals surface area contributed by atoms with Gasteiger partial charge in [0.25, 0.3) is 0 Å². The van der Waals surface area contributed by atoms with Crippen LogP contribution >= 0.6 is 11.6 Å². The van der Waals surface area contributed by atoms with Crippen LogP contribution in [0.1, 0.15) is 18.4 Å². The molecule has 2 aromatic carbocycles. The number of amides is 2. The molecule has 0 aliphatic carbocycles. The molecule has 0 saturated carbocycles. The van der Waals surface area contributed by atoms with Gasteiger partial charge in [-0.25, -0.2) is 4.79 Å². The van der Waals surface area contributed by atoms with Crippen LogP contribution in [-0.4, -0.2) is 29.6 Å². The van der Waals surface area contributed by atoms with E-state index < -0.39 is 0 Å². The molecule has 4 rings (SSSR count). The van der Waals surface area contributed by atoms with Crippen molar-refractivity contribution in [3.8, 4) is 0 Å². The van der Waals surface area contributed by atoms with Gasteiger partial charge in [-0.2, -0.15) is 0 Å². The molecular formula is C20H20ClN3O2. The van der Waals surface area contributed by atoms with Crippen LogP contribution in [0.2, 0.25) is 5.02 Å². The molecule has 1 fully saturated rings. The van der Waals surface area contributed by atoms with Crippen molar-refractivity contribution in [1.29, 1.82) is 0 Å². The Kier molecular flexibility index (Phi) is 4.57. The number of hydrogen-bond donors (Lipinski definition) is 2. The number of urea groups is 1. The van der Waals surface area contributed by atoms with Crippen LogP contribution in [0.15, 0.2) is 60.7 Å². The van der Waals surface area contributed by atoms with Crippen molar-refractivity contribution in [3.05, 3.63) is 71.3 Å². The zero-order valence-electron chi connectivity index (χ0n) is 14.2. The number of halogens is 1. The third-order valence-electron chi connectivity index (χ3n) is 4.83. The molecule has 0 bridgehead atoms. The largest absolute Gasteiger partial charge is 0.324 e. The fourth-order valence-corrected chi connectivity index (χ4v) is 3.53. The zero-order chi connectivity index (χ0) is 18.0. The number of anilines is 1. The van der Waals surface area contributed by atoms with Crippen LogP contribution in [0.5, 0.6) is 0 Å². The monoisotopic (exact) mass is 369 g/mol. The highest BCUT2D eigenvalue weighted by molar-refractivity contribution is 6.30. The first kappa shape index (κ1) is 16.9. The Balaban J connectivity index is 1.38. The maximum Gasteiger partial charge on any atom is 0.321 e. The Hall–Kier alpha value is -2.50. The van der Waals surface area contributed by atoms with Crippen molar-refractivity contribution in [3.63, 3.8) is 0 Å². The van der Waals surface area contributed by atoms with E-state index in [1.165, 1.54) is 0 Å². The number of piperidine rings is 1. The number of carbonyl (C=O) groups excluding carboxylic acids is 1. The molecule has 2 aromatic rings. The van der Waals surface area contributed by atoms with Crippen molar-refractivity contribution in [2.45, 2.75) is 18.4 Å². The summed E-state index contributed by atoms with van der Waals surface area (Å²) < 4.78 is 0. The first-order valence-corrected chi connectivity index (χ1v) is 9.05. The van der Waals surface area contributed by atoms with Crippen LogP contribution in [0.4, 0.5) is 10.5 Å². The third-order valence-corrected chi connectivity index (χ3v) is 5.06. The van der Waals surface area contributed by atoms with Gasteiger partial charge >= 0.3 is 6.03 Å². The number of nitrogens with zero attached hydrogens (tertiary/aromatic N) is 1. The van der Waals surface area contributed by atoms with E-state index in [1.54, 1.807) is 12.1 Å². The molecule has 2 aliphatic rings.